The molecule has 1 heterocycles. The Morgan fingerprint density at radius 3 is 2.79 bits per heavy atom. The molecule has 6 heteroatoms. The van der Waals surface area contributed by atoms with Gasteiger partial charge in [0.25, 0.3) is 5.56 Å². The minimum Gasteiger partial charge on any atom is -0.353 e. The number of rotatable bonds is 4. The molecule has 1 aromatic heterocycles. The van der Waals surface area contributed by atoms with Gasteiger partial charge in [0.2, 0.25) is 0 Å². The molecule has 19 heavy (non-hydrogen) atoms. The molecule has 0 amide bonds. The quantitative estimate of drug-likeness (QED) is 0.787. The first-order valence-electron chi connectivity index (χ1n) is 6.89. The maximum atomic E-state index is 11.7. The first-order chi connectivity index (χ1) is 9.13. The molecule has 0 bridgehead atoms. The molecule has 1 fully saturated rings. The molecule has 1 aliphatic rings. The van der Waals surface area contributed by atoms with E-state index in [0.717, 1.165) is 44.5 Å². The summed E-state index contributed by atoms with van der Waals surface area (Å²) in [7, 11) is 0. The first kappa shape index (κ1) is 14.8. The van der Waals surface area contributed by atoms with E-state index in [4.69, 9.17) is 5.73 Å². The molecule has 0 saturated heterocycles. The largest absolute Gasteiger partial charge is 0.353 e. The zero-order chi connectivity index (χ0) is 13.8. The number of aromatic amines is 1. The molecular formula is C13H21IN4O. The fourth-order valence-electron chi connectivity index (χ4n) is 2.69. The Bertz CT molecular complexity index is 468. The van der Waals surface area contributed by atoms with E-state index in [0.29, 0.717) is 15.7 Å². The molecule has 0 atom stereocenters. The van der Waals surface area contributed by atoms with Gasteiger partial charge in [0.05, 0.1) is 6.33 Å². The summed E-state index contributed by atoms with van der Waals surface area (Å²) in [5, 5.41) is 0. The van der Waals surface area contributed by atoms with E-state index < -0.39 is 0 Å². The van der Waals surface area contributed by atoms with Gasteiger partial charge >= 0.3 is 0 Å². The number of nitrogens with zero attached hydrogens (tertiary/aromatic N) is 2. The second-order valence-corrected chi connectivity index (χ2v) is 6.21. The van der Waals surface area contributed by atoms with Gasteiger partial charge in [-0.3, -0.25) is 4.79 Å². The fraction of sp³-hybridized carbons (Fsp3) is 0.692. The maximum absolute atomic E-state index is 11.7. The Balaban J connectivity index is 2.24. The summed E-state index contributed by atoms with van der Waals surface area (Å²) in [6.45, 7) is 3.09. The van der Waals surface area contributed by atoms with Crippen molar-refractivity contribution in [2.75, 3.05) is 11.4 Å². The molecule has 0 spiro atoms. The second-order valence-electron chi connectivity index (χ2n) is 5.13. The van der Waals surface area contributed by atoms with Gasteiger partial charge in [0, 0.05) is 18.6 Å². The van der Waals surface area contributed by atoms with Crippen LogP contribution in [0, 0.1) is 3.57 Å². The lowest BCUT2D eigenvalue weighted by atomic mass is 9.90. The molecule has 1 aliphatic carbocycles. The highest BCUT2D eigenvalue weighted by atomic mass is 127. The van der Waals surface area contributed by atoms with E-state index in [1.165, 1.54) is 6.33 Å². The van der Waals surface area contributed by atoms with Crippen molar-refractivity contribution in [3.63, 3.8) is 0 Å². The zero-order valence-corrected chi connectivity index (χ0v) is 13.4. The van der Waals surface area contributed by atoms with Crippen molar-refractivity contribution in [1.29, 1.82) is 0 Å². The summed E-state index contributed by atoms with van der Waals surface area (Å²) < 4.78 is 0.684. The summed E-state index contributed by atoms with van der Waals surface area (Å²) in [5.74, 6) is 0.826. The molecule has 1 aromatic rings. The Morgan fingerprint density at radius 2 is 2.16 bits per heavy atom. The molecule has 5 nitrogen and oxygen atoms in total. The normalized spacial score (nSPS) is 23.3. The number of anilines is 1. The predicted octanol–water partition coefficient (Wildman–Crippen LogP) is 1.86. The number of nitrogens with two attached hydrogens (primary N) is 1. The van der Waals surface area contributed by atoms with Crippen LogP contribution in [-0.4, -0.2) is 28.6 Å². The number of halogens is 1. The van der Waals surface area contributed by atoms with E-state index >= 15 is 0 Å². The summed E-state index contributed by atoms with van der Waals surface area (Å²) in [4.78, 5) is 21.0. The number of aromatic nitrogens is 2. The molecule has 0 aliphatic heterocycles. The molecule has 0 unspecified atom stereocenters. The predicted molar refractivity (Wildman–Crippen MR) is 85.4 cm³/mol. The van der Waals surface area contributed by atoms with Gasteiger partial charge in [-0.2, -0.15) is 0 Å². The molecule has 2 rings (SSSR count). The van der Waals surface area contributed by atoms with E-state index in [-0.39, 0.29) is 5.56 Å². The smallest absolute Gasteiger partial charge is 0.266 e. The molecule has 0 aromatic carbocycles. The Morgan fingerprint density at radius 1 is 1.47 bits per heavy atom. The lowest BCUT2D eigenvalue weighted by Crippen LogP contribution is -2.42. The average Bonchev–Trinajstić information content (AvgIpc) is 2.41. The minimum absolute atomic E-state index is 0.0563. The van der Waals surface area contributed by atoms with Gasteiger partial charge in [-0.25, -0.2) is 4.98 Å². The zero-order valence-electron chi connectivity index (χ0n) is 11.2. The van der Waals surface area contributed by atoms with E-state index in [9.17, 15) is 4.79 Å². The van der Waals surface area contributed by atoms with Crippen LogP contribution >= 0.6 is 22.6 Å². The number of nitrogens with one attached hydrogen (secondary N) is 1. The van der Waals surface area contributed by atoms with Gasteiger partial charge in [0.15, 0.2) is 0 Å². The van der Waals surface area contributed by atoms with Crippen LogP contribution in [0.25, 0.3) is 0 Å². The van der Waals surface area contributed by atoms with E-state index in [1.54, 1.807) is 0 Å². The molecule has 1 saturated carbocycles. The van der Waals surface area contributed by atoms with Crippen molar-refractivity contribution in [3.8, 4) is 0 Å². The number of H-pyrrole nitrogens is 1. The van der Waals surface area contributed by atoms with Crippen LogP contribution in [-0.2, 0) is 0 Å². The standard InChI is InChI=1S/C13H21IN4O/c1-2-7-18(10-5-3-9(15)4-6-10)12-11(14)13(19)17-8-16-12/h8-10H,2-7,15H2,1H3,(H,16,17,19). The second kappa shape index (κ2) is 6.69. The monoisotopic (exact) mass is 376 g/mol. The van der Waals surface area contributed by atoms with Crippen molar-refractivity contribution in [1.82, 2.24) is 9.97 Å². The van der Waals surface area contributed by atoms with Crippen LogP contribution in [0.3, 0.4) is 0 Å². The Kier molecular flexibility index (Phi) is 5.20. The topological polar surface area (TPSA) is 75.0 Å². The number of hydrogen-bond acceptors (Lipinski definition) is 4. The summed E-state index contributed by atoms with van der Waals surface area (Å²) in [5.41, 5.74) is 5.92. The first-order valence-corrected chi connectivity index (χ1v) is 7.96. The third-order valence-electron chi connectivity index (χ3n) is 3.70. The summed E-state index contributed by atoms with van der Waals surface area (Å²) in [6, 6.07) is 0.800. The van der Waals surface area contributed by atoms with Crippen molar-refractivity contribution >= 4 is 28.4 Å². The molecule has 3 N–H and O–H groups in total. The van der Waals surface area contributed by atoms with E-state index in [2.05, 4.69) is 44.4 Å². The lowest BCUT2D eigenvalue weighted by molar-refractivity contribution is 0.373. The third-order valence-corrected chi connectivity index (χ3v) is 4.67. The lowest BCUT2D eigenvalue weighted by Gasteiger charge is -2.37. The highest BCUT2D eigenvalue weighted by molar-refractivity contribution is 14.1. The minimum atomic E-state index is -0.0563. The van der Waals surface area contributed by atoms with Crippen LogP contribution in [0.15, 0.2) is 11.1 Å². The molecular weight excluding hydrogens is 355 g/mol. The molecule has 106 valence electrons. The van der Waals surface area contributed by atoms with Crippen molar-refractivity contribution in [2.45, 2.75) is 51.1 Å². The van der Waals surface area contributed by atoms with Crippen molar-refractivity contribution in [3.05, 3.63) is 20.3 Å². The van der Waals surface area contributed by atoms with Crippen LogP contribution in [0.2, 0.25) is 0 Å². The van der Waals surface area contributed by atoms with Crippen LogP contribution in [0.1, 0.15) is 39.0 Å². The summed E-state index contributed by atoms with van der Waals surface area (Å²) in [6.07, 6.45) is 6.84. The van der Waals surface area contributed by atoms with Crippen molar-refractivity contribution < 1.29 is 0 Å². The van der Waals surface area contributed by atoms with Gasteiger partial charge in [0.1, 0.15) is 9.39 Å². The molecule has 0 radical (unpaired) electrons. The summed E-state index contributed by atoms with van der Waals surface area (Å²) >= 11 is 2.09. The van der Waals surface area contributed by atoms with Gasteiger partial charge in [-0.15, -0.1) is 0 Å². The Labute approximate surface area is 127 Å². The van der Waals surface area contributed by atoms with Crippen molar-refractivity contribution in [2.24, 2.45) is 5.73 Å². The van der Waals surface area contributed by atoms with Gasteiger partial charge in [-0.05, 0) is 54.7 Å². The van der Waals surface area contributed by atoms with Crippen LogP contribution in [0.4, 0.5) is 5.82 Å². The third kappa shape index (κ3) is 3.47. The van der Waals surface area contributed by atoms with Crippen LogP contribution in [0.5, 0.6) is 0 Å². The van der Waals surface area contributed by atoms with E-state index in [1.807, 2.05) is 0 Å². The van der Waals surface area contributed by atoms with Crippen LogP contribution < -0.4 is 16.2 Å². The van der Waals surface area contributed by atoms with Gasteiger partial charge < -0.3 is 15.6 Å². The maximum Gasteiger partial charge on any atom is 0.266 e. The average molecular weight is 376 g/mol. The van der Waals surface area contributed by atoms with Gasteiger partial charge in [-0.1, -0.05) is 6.92 Å². The number of hydrogen-bond donors (Lipinski definition) is 2. The fourth-order valence-corrected chi connectivity index (χ4v) is 3.29. The SMILES string of the molecule is CCCN(c1nc[nH]c(=O)c1I)C1CCC(N)CC1. The highest BCUT2D eigenvalue weighted by Crippen LogP contribution is 2.27. The Hall–Kier alpha value is -0.630. The highest BCUT2D eigenvalue weighted by Gasteiger charge is 2.26.